The van der Waals surface area contributed by atoms with Crippen molar-refractivity contribution in [3.63, 3.8) is 0 Å². The number of hydrogen-bond donors (Lipinski definition) is 1. The van der Waals surface area contributed by atoms with E-state index in [0.717, 1.165) is 41.9 Å². The molecule has 1 fully saturated rings. The van der Waals surface area contributed by atoms with Crippen molar-refractivity contribution >= 4 is 22.8 Å². The van der Waals surface area contributed by atoms with Gasteiger partial charge in [-0.25, -0.2) is 9.67 Å². The molecule has 7 heteroatoms. The van der Waals surface area contributed by atoms with Crippen LogP contribution in [0.25, 0.3) is 11.0 Å². The van der Waals surface area contributed by atoms with Gasteiger partial charge in [-0.2, -0.15) is 5.10 Å². The van der Waals surface area contributed by atoms with E-state index in [4.69, 9.17) is 10.7 Å². The number of amides is 1. The van der Waals surface area contributed by atoms with Gasteiger partial charge < -0.3 is 15.2 Å². The Morgan fingerprint density at radius 3 is 2.88 bits per heavy atom. The fourth-order valence-corrected chi connectivity index (χ4v) is 3.71. The van der Waals surface area contributed by atoms with Gasteiger partial charge in [0.05, 0.1) is 22.8 Å². The Kier molecular flexibility index (Phi) is 3.71. The minimum Gasteiger partial charge on any atom is -0.384 e. The minimum absolute atomic E-state index is 0.00258. The minimum atomic E-state index is 0.00258. The molecule has 0 unspecified atom stereocenters. The lowest BCUT2D eigenvalue weighted by atomic mass is 10.2. The fourth-order valence-electron chi connectivity index (χ4n) is 3.71. The zero-order chi connectivity index (χ0) is 17.6. The molecule has 2 N–H and O–H groups in total. The number of rotatable bonds is 3. The van der Waals surface area contributed by atoms with Crippen LogP contribution >= 0.6 is 0 Å². The molecule has 4 rings (SSSR count). The van der Waals surface area contributed by atoms with Crippen molar-refractivity contribution in [1.82, 2.24) is 24.2 Å². The van der Waals surface area contributed by atoms with E-state index < -0.39 is 0 Å². The third-order valence-electron chi connectivity index (χ3n) is 4.91. The Bertz CT molecular complexity index is 940. The van der Waals surface area contributed by atoms with E-state index in [1.54, 1.807) is 10.7 Å². The van der Waals surface area contributed by atoms with E-state index >= 15 is 0 Å². The third-order valence-corrected chi connectivity index (χ3v) is 4.91. The number of imidazole rings is 1. The number of aryl methyl sites for hydroxylation is 2. The molecule has 0 spiro atoms. The Morgan fingerprint density at radius 1 is 1.36 bits per heavy atom. The highest BCUT2D eigenvalue weighted by atomic mass is 16.2. The second-order valence-electron chi connectivity index (χ2n) is 6.63. The van der Waals surface area contributed by atoms with Crippen molar-refractivity contribution in [3.05, 3.63) is 41.9 Å². The van der Waals surface area contributed by atoms with Crippen molar-refractivity contribution < 1.29 is 4.79 Å². The first-order chi connectivity index (χ1) is 12.0. The predicted molar refractivity (Wildman–Crippen MR) is 95.8 cm³/mol. The van der Waals surface area contributed by atoms with Crippen LogP contribution in [-0.2, 0) is 18.4 Å². The molecule has 1 aliphatic rings. The molecular formula is C18H22N6O. The van der Waals surface area contributed by atoms with Crippen LogP contribution in [0.2, 0.25) is 0 Å². The molecule has 25 heavy (non-hydrogen) atoms. The summed E-state index contributed by atoms with van der Waals surface area (Å²) < 4.78 is 3.67. The molecule has 3 aromatic rings. The monoisotopic (exact) mass is 338 g/mol. The molecule has 1 saturated heterocycles. The van der Waals surface area contributed by atoms with Gasteiger partial charge in [-0.1, -0.05) is 12.1 Å². The third kappa shape index (κ3) is 2.65. The highest BCUT2D eigenvalue weighted by Gasteiger charge is 2.33. The summed E-state index contributed by atoms with van der Waals surface area (Å²) in [5, 5.41) is 4.30. The van der Waals surface area contributed by atoms with Crippen LogP contribution < -0.4 is 5.73 Å². The SMILES string of the molecule is Cc1cc(N)n(CC(=O)N2CCC[C@H]2c2nc3ccccc3n2C)n1. The van der Waals surface area contributed by atoms with Crippen LogP contribution in [0.15, 0.2) is 30.3 Å². The molecule has 0 radical (unpaired) electrons. The summed E-state index contributed by atoms with van der Waals surface area (Å²) in [5.41, 5.74) is 8.79. The average molecular weight is 338 g/mol. The van der Waals surface area contributed by atoms with Gasteiger partial charge in [-0.05, 0) is 31.9 Å². The number of nitrogens with zero attached hydrogens (tertiary/aromatic N) is 5. The predicted octanol–water partition coefficient (Wildman–Crippen LogP) is 2.02. The molecule has 3 heterocycles. The topological polar surface area (TPSA) is 82.0 Å². The molecule has 1 aromatic carbocycles. The van der Waals surface area contributed by atoms with Gasteiger partial charge >= 0.3 is 0 Å². The maximum atomic E-state index is 12.9. The summed E-state index contributed by atoms with van der Waals surface area (Å²) in [7, 11) is 2.01. The van der Waals surface area contributed by atoms with Crippen LogP contribution in [0.5, 0.6) is 0 Å². The van der Waals surface area contributed by atoms with Crippen LogP contribution in [0.4, 0.5) is 5.82 Å². The Labute approximate surface area is 146 Å². The van der Waals surface area contributed by atoms with Gasteiger partial charge in [0.25, 0.3) is 0 Å². The molecular weight excluding hydrogens is 316 g/mol. The number of aromatic nitrogens is 4. The highest BCUT2D eigenvalue weighted by molar-refractivity contribution is 5.78. The number of likely N-dealkylation sites (tertiary alicyclic amines) is 1. The van der Waals surface area contributed by atoms with Gasteiger partial charge in [-0.3, -0.25) is 4.79 Å². The number of fused-ring (bicyclic) bond motifs is 1. The molecule has 0 bridgehead atoms. The number of nitrogen functional groups attached to an aromatic ring is 1. The lowest BCUT2D eigenvalue weighted by Crippen LogP contribution is -2.35. The first kappa shape index (κ1) is 15.7. The second kappa shape index (κ2) is 5.91. The summed E-state index contributed by atoms with van der Waals surface area (Å²) in [5.74, 6) is 1.49. The Balaban J connectivity index is 1.62. The number of hydrogen-bond acceptors (Lipinski definition) is 4. The van der Waals surface area contributed by atoms with Gasteiger partial charge in [0.15, 0.2) is 0 Å². The first-order valence-electron chi connectivity index (χ1n) is 8.55. The van der Waals surface area contributed by atoms with Crippen LogP contribution in [0, 0.1) is 6.92 Å². The molecule has 1 aliphatic heterocycles. The van der Waals surface area contributed by atoms with Gasteiger partial charge in [-0.15, -0.1) is 0 Å². The molecule has 7 nitrogen and oxygen atoms in total. The number of anilines is 1. The van der Waals surface area contributed by atoms with Crippen molar-refractivity contribution in [1.29, 1.82) is 0 Å². The average Bonchev–Trinajstić information content (AvgIpc) is 3.26. The van der Waals surface area contributed by atoms with E-state index in [1.165, 1.54) is 0 Å². The van der Waals surface area contributed by atoms with Crippen molar-refractivity contribution in [2.75, 3.05) is 12.3 Å². The van der Waals surface area contributed by atoms with E-state index in [-0.39, 0.29) is 18.5 Å². The van der Waals surface area contributed by atoms with Gasteiger partial charge in [0, 0.05) is 19.7 Å². The first-order valence-corrected chi connectivity index (χ1v) is 8.55. The summed E-state index contributed by atoms with van der Waals surface area (Å²) in [6.45, 7) is 2.78. The molecule has 130 valence electrons. The molecule has 1 atom stereocenters. The molecule has 1 amide bonds. The van der Waals surface area contributed by atoms with Crippen molar-refractivity contribution in [3.8, 4) is 0 Å². The van der Waals surface area contributed by atoms with E-state index in [0.29, 0.717) is 5.82 Å². The van der Waals surface area contributed by atoms with Gasteiger partial charge in [0.2, 0.25) is 5.91 Å². The number of benzene rings is 1. The van der Waals surface area contributed by atoms with E-state index in [1.807, 2.05) is 37.1 Å². The summed E-state index contributed by atoms with van der Waals surface area (Å²) in [6, 6.07) is 9.84. The van der Waals surface area contributed by atoms with Crippen LogP contribution in [0.1, 0.15) is 30.4 Å². The van der Waals surface area contributed by atoms with Crippen LogP contribution in [-0.4, -0.2) is 36.7 Å². The van der Waals surface area contributed by atoms with Gasteiger partial charge in [0.1, 0.15) is 18.2 Å². The van der Waals surface area contributed by atoms with Crippen LogP contribution in [0.3, 0.4) is 0 Å². The highest BCUT2D eigenvalue weighted by Crippen LogP contribution is 2.33. The smallest absolute Gasteiger partial charge is 0.245 e. The van der Waals surface area contributed by atoms with Crippen molar-refractivity contribution in [2.45, 2.75) is 32.4 Å². The Hall–Kier alpha value is -2.83. The second-order valence-corrected chi connectivity index (χ2v) is 6.63. The summed E-state index contributed by atoms with van der Waals surface area (Å²) in [4.78, 5) is 19.6. The maximum absolute atomic E-state index is 12.9. The number of nitrogens with two attached hydrogens (primary N) is 1. The largest absolute Gasteiger partial charge is 0.384 e. The molecule has 0 saturated carbocycles. The maximum Gasteiger partial charge on any atom is 0.245 e. The zero-order valence-electron chi connectivity index (χ0n) is 14.5. The molecule has 2 aromatic heterocycles. The van der Waals surface area contributed by atoms with Crippen molar-refractivity contribution in [2.24, 2.45) is 7.05 Å². The quantitative estimate of drug-likeness (QED) is 0.792. The number of carbonyl (C=O) groups excluding carboxylic acids is 1. The normalized spacial score (nSPS) is 17.5. The summed E-state index contributed by atoms with van der Waals surface area (Å²) in [6.07, 6.45) is 1.91. The lowest BCUT2D eigenvalue weighted by Gasteiger charge is -2.24. The van der Waals surface area contributed by atoms with E-state index in [9.17, 15) is 4.79 Å². The zero-order valence-corrected chi connectivity index (χ0v) is 14.5. The fraction of sp³-hybridized carbons (Fsp3) is 0.389. The lowest BCUT2D eigenvalue weighted by molar-refractivity contribution is -0.133. The standard InChI is InChI=1S/C18H22N6O/c1-12-10-16(19)24(21-12)11-17(25)23-9-5-8-15(23)18-20-13-6-3-4-7-14(13)22(18)2/h3-4,6-7,10,15H,5,8-9,11,19H2,1-2H3/t15-/m0/s1. The summed E-state index contributed by atoms with van der Waals surface area (Å²) >= 11 is 0. The van der Waals surface area contributed by atoms with E-state index in [2.05, 4.69) is 15.7 Å². The number of carbonyl (C=O) groups is 1. The Morgan fingerprint density at radius 2 is 2.16 bits per heavy atom. The number of para-hydroxylation sites is 2. The molecule has 0 aliphatic carbocycles.